The summed E-state index contributed by atoms with van der Waals surface area (Å²) >= 11 is 7.16. The van der Waals surface area contributed by atoms with Crippen LogP contribution in [0.2, 0.25) is 5.15 Å². The summed E-state index contributed by atoms with van der Waals surface area (Å²) in [6.45, 7) is 8.06. The van der Waals surface area contributed by atoms with E-state index in [4.69, 9.17) is 21.1 Å². The predicted octanol–water partition coefficient (Wildman–Crippen LogP) is 3.73. The van der Waals surface area contributed by atoms with Gasteiger partial charge in [-0.25, -0.2) is 14.2 Å². The van der Waals surface area contributed by atoms with Crippen LogP contribution in [0.5, 0.6) is 5.88 Å². The highest BCUT2D eigenvalue weighted by molar-refractivity contribution is 7.98. The Morgan fingerprint density at radius 2 is 2.09 bits per heavy atom. The van der Waals surface area contributed by atoms with E-state index in [1.807, 2.05) is 32.6 Å². The minimum absolute atomic E-state index is 0.0321. The summed E-state index contributed by atoms with van der Waals surface area (Å²) < 4.78 is 26.2. The van der Waals surface area contributed by atoms with Gasteiger partial charge in [0.2, 0.25) is 5.88 Å². The number of hydrogen-bond donors (Lipinski definition) is 2. The number of nitrogens with one attached hydrogen (secondary N) is 2. The second kappa shape index (κ2) is 9.50. The smallest absolute Gasteiger partial charge is 0.410 e. The van der Waals surface area contributed by atoms with Gasteiger partial charge < -0.3 is 19.8 Å². The zero-order valence-electron chi connectivity index (χ0n) is 19.8. The first-order valence-corrected chi connectivity index (χ1v) is 12.8. The third kappa shape index (κ3) is 4.96. The van der Waals surface area contributed by atoms with E-state index in [1.165, 1.54) is 11.8 Å². The summed E-state index contributed by atoms with van der Waals surface area (Å²) in [5, 5.41) is 3.28. The standard InChI is InChI=1S/C22H29ClFN5O4S/c1-10(8-12-13-7-6-11(9-25-12)29(13)21(31)33-22(2,3)4)32-19-14-16(15(24)17(23)27-19)26-20(34-5)28-18(14)30/h10-13,25H,6-9H2,1-5H3,(H,26,28,30)/t10?,11-,12-,13+/m1/s1. The monoisotopic (exact) mass is 513 g/mol. The van der Waals surface area contributed by atoms with Crippen molar-refractivity contribution < 1.29 is 18.7 Å². The number of rotatable bonds is 5. The first kappa shape index (κ1) is 25.0. The number of nitrogens with zero attached hydrogens (tertiary/aromatic N) is 3. The molecule has 9 nitrogen and oxygen atoms in total. The molecule has 2 N–H and O–H groups in total. The Bertz CT molecular complexity index is 1160. The zero-order chi connectivity index (χ0) is 24.8. The topological polar surface area (TPSA) is 109 Å². The molecule has 2 aliphatic rings. The summed E-state index contributed by atoms with van der Waals surface area (Å²) in [5.41, 5.74) is -1.30. The van der Waals surface area contributed by atoms with Crippen LogP contribution < -0.4 is 15.6 Å². The van der Waals surface area contributed by atoms with Crippen molar-refractivity contribution in [3.8, 4) is 5.88 Å². The van der Waals surface area contributed by atoms with E-state index < -0.39 is 28.2 Å². The minimum Gasteiger partial charge on any atom is -0.474 e. The van der Waals surface area contributed by atoms with Crippen molar-refractivity contribution in [1.29, 1.82) is 0 Å². The maximum Gasteiger partial charge on any atom is 0.410 e. The lowest BCUT2D eigenvalue weighted by molar-refractivity contribution is 0.00134. The molecule has 4 rings (SSSR count). The average molecular weight is 514 g/mol. The highest BCUT2D eigenvalue weighted by Gasteiger charge is 2.46. The third-order valence-electron chi connectivity index (χ3n) is 6.02. The summed E-state index contributed by atoms with van der Waals surface area (Å²) in [6.07, 6.45) is 3.30. The van der Waals surface area contributed by atoms with Crippen LogP contribution in [0.25, 0.3) is 10.9 Å². The highest BCUT2D eigenvalue weighted by atomic mass is 35.5. The molecular formula is C22H29ClFN5O4S. The van der Waals surface area contributed by atoms with E-state index in [0.717, 1.165) is 12.8 Å². The molecule has 0 spiro atoms. The number of piperazine rings is 1. The molecule has 2 bridgehead atoms. The molecular weight excluding hydrogens is 485 g/mol. The molecule has 12 heteroatoms. The number of carbonyl (C=O) groups is 1. The van der Waals surface area contributed by atoms with Gasteiger partial charge in [0, 0.05) is 25.0 Å². The Morgan fingerprint density at radius 1 is 1.35 bits per heavy atom. The van der Waals surface area contributed by atoms with Crippen LogP contribution in [0.1, 0.15) is 47.0 Å². The van der Waals surface area contributed by atoms with Crippen molar-refractivity contribution >= 4 is 40.4 Å². The lowest BCUT2D eigenvalue weighted by atomic mass is 9.99. The molecule has 4 atom stereocenters. The Kier molecular flexibility index (Phi) is 6.99. The molecule has 34 heavy (non-hydrogen) atoms. The summed E-state index contributed by atoms with van der Waals surface area (Å²) in [6, 6.07) is 0.0300. The Labute approximate surface area is 206 Å². The Hall–Kier alpha value is -2.11. The Morgan fingerprint density at radius 3 is 2.76 bits per heavy atom. The van der Waals surface area contributed by atoms with Gasteiger partial charge in [-0.15, -0.1) is 0 Å². The maximum absolute atomic E-state index is 14.6. The van der Waals surface area contributed by atoms with E-state index in [2.05, 4.69) is 20.3 Å². The van der Waals surface area contributed by atoms with Crippen molar-refractivity contribution in [1.82, 2.24) is 25.2 Å². The Balaban J connectivity index is 1.54. The van der Waals surface area contributed by atoms with Gasteiger partial charge in [-0.1, -0.05) is 23.4 Å². The van der Waals surface area contributed by atoms with Crippen molar-refractivity contribution in [2.24, 2.45) is 0 Å². The number of aromatic amines is 1. The SMILES string of the molecule is CSc1nc2c(F)c(Cl)nc(OC(C)C[C@H]3NC[C@H]4CC[C@@H]3N4C(=O)OC(C)(C)C)c2c(=O)[nH]1. The molecule has 1 unspecified atom stereocenters. The summed E-state index contributed by atoms with van der Waals surface area (Å²) in [7, 11) is 0. The first-order valence-electron chi connectivity index (χ1n) is 11.2. The van der Waals surface area contributed by atoms with E-state index >= 15 is 0 Å². The third-order valence-corrected chi connectivity index (χ3v) is 6.85. The number of thioether (sulfide) groups is 1. The van der Waals surface area contributed by atoms with E-state index in [9.17, 15) is 14.0 Å². The van der Waals surface area contributed by atoms with E-state index in [-0.39, 0.29) is 46.2 Å². The zero-order valence-corrected chi connectivity index (χ0v) is 21.3. The molecule has 186 valence electrons. The van der Waals surface area contributed by atoms with Crippen molar-refractivity contribution in [3.05, 3.63) is 21.3 Å². The van der Waals surface area contributed by atoms with Crippen LogP contribution in [-0.4, -0.2) is 68.6 Å². The largest absolute Gasteiger partial charge is 0.474 e. The summed E-state index contributed by atoms with van der Waals surface area (Å²) in [4.78, 5) is 38.0. The molecule has 4 heterocycles. The molecule has 1 amide bonds. The van der Waals surface area contributed by atoms with Gasteiger partial charge in [-0.05, 0) is 46.8 Å². The quantitative estimate of drug-likeness (QED) is 0.353. The highest BCUT2D eigenvalue weighted by Crippen LogP contribution is 2.34. The molecule has 2 saturated heterocycles. The number of H-pyrrole nitrogens is 1. The normalized spacial score (nSPS) is 23.3. The summed E-state index contributed by atoms with van der Waals surface area (Å²) in [5.74, 6) is -0.934. The lowest BCUT2D eigenvalue weighted by Gasteiger charge is -2.41. The molecule has 2 aromatic heterocycles. The molecule has 0 aromatic carbocycles. The number of ether oxygens (including phenoxy) is 2. The molecule has 2 aromatic rings. The average Bonchev–Trinajstić information content (AvgIpc) is 3.07. The fraction of sp³-hybridized carbons (Fsp3) is 0.636. The molecule has 0 radical (unpaired) electrons. The minimum atomic E-state index is -0.864. The van der Waals surface area contributed by atoms with Crippen LogP contribution >= 0.6 is 23.4 Å². The molecule has 0 aliphatic carbocycles. The fourth-order valence-corrected chi connectivity index (χ4v) is 5.19. The maximum atomic E-state index is 14.6. The number of halogens is 2. The van der Waals surface area contributed by atoms with Gasteiger partial charge in [0.05, 0.1) is 12.1 Å². The molecule has 2 aliphatic heterocycles. The van der Waals surface area contributed by atoms with Crippen LogP contribution in [0.4, 0.5) is 9.18 Å². The number of hydrogen-bond acceptors (Lipinski definition) is 8. The van der Waals surface area contributed by atoms with E-state index in [0.29, 0.717) is 13.0 Å². The first-order chi connectivity index (χ1) is 16.0. The van der Waals surface area contributed by atoms with Crippen molar-refractivity contribution in [2.45, 2.75) is 81.9 Å². The van der Waals surface area contributed by atoms with Crippen molar-refractivity contribution in [3.63, 3.8) is 0 Å². The number of pyridine rings is 1. The number of fused-ring (bicyclic) bond motifs is 3. The number of carbonyl (C=O) groups excluding carboxylic acids is 1. The van der Waals surface area contributed by atoms with E-state index in [1.54, 1.807) is 6.26 Å². The van der Waals surface area contributed by atoms with Gasteiger partial charge in [-0.2, -0.15) is 4.98 Å². The molecule has 2 fully saturated rings. The van der Waals surface area contributed by atoms with Crippen LogP contribution in [-0.2, 0) is 4.74 Å². The molecule has 0 saturated carbocycles. The van der Waals surface area contributed by atoms with Crippen LogP contribution in [0.15, 0.2) is 9.95 Å². The van der Waals surface area contributed by atoms with Gasteiger partial charge in [0.1, 0.15) is 16.5 Å². The fourth-order valence-electron chi connectivity index (χ4n) is 4.65. The van der Waals surface area contributed by atoms with Gasteiger partial charge in [-0.3, -0.25) is 9.69 Å². The second-order valence-electron chi connectivity index (χ2n) is 9.69. The predicted molar refractivity (Wildman–Crippen MR) is 128 cm³/mol. The van der Waals surface area contributed by atoms with Gasteiger partial charge in [0.15, 0.2) is 16.1 Å². The van der Waals surface area contributed by atoms with Gasteiger partial charge >= 0.3 is 6.09 Å². The lowest BCUT2D eigenvalue weighted by Crippen LogP contribution is -2.61. The van der Waals surface area contributed by atoms with Crippen molar-refractivity contribution in [2.75, 3.05) is 12.8 Å². The number of amides is 1. The van der Waals surface area contributed by atoms with Crippen LogP contribution in [0, 0.1) is 5.82 Å². The van der Waals surface area contributed by atoms with Crippen LogP contribution in [0.3, 0.4) is 0 Å². The number of aromatic nitrogens is 3. The van der Waals surface area contributed by atoms with Gasteiger partial charge in [0.25, 0.3) is 5.56 Å². The second-order valence-corrected chi connectivity index (χ2v) is 10.8.